The van der Waals surface area contributed by atoms with Crippen molar-refractivity contribution in [1.29, 1.82) is 0 Å². The number of benzene rings is 2. The Hall–Kier alpha value is -3.07. The first-order valence-electron chi connectivity index (χ1n) is 10.1. The summed E-state index contributed by atoms with van der Waals surface area (Å²) in [5.41, 5.74) is 2.17. The molecule has 1 aliphatic heterocycles. The molecule has 1 saturated heterocycles. The van der Waals surface area contributed by atoms with Gasteiger partial charge in [0, 0.05) is 18.7 Å². The van der Waals surface area contributed by atoms with Crippen molar-refractivity contribution in [2.75, 3.05) is 34.3 Å². The lowest BCUT2D eigenvalue weighted by atomic mass is 10.1. The molecule has 0 saturated carbocycles. The zero-order valence-electron chi connectivity index (χ0n) is 17.8. The fourth-order valence-corrected chi connectivity index (χ4v) is 4.77. The van der Waals surface area contributed by atoms with Gasteiger partial charge in [-0.05, 0) is 43.2 Å². The summed E-state index contributed by atoms with van der Waals surface area (Å²) in [6.45, 7) is 3.77. The Bertz CT molecular complexity index is 1080. The molecule has 9 heteroatoms. The van der Waals surface area contributed by atoms with Gasteiger partial charge in [0.05, 0.1) is 30.2 Å². The molecule has 1 aliphatic rings. The molecule has 166 valence electrons. The van der Waals surface area contributed by atoms with Gasteiger partial charge in [-0.2, -0.15) is 0 Å². The van der Waals surface area contributed by atoms with E-state index in [9.17, 15) is 18.0 Å². The third-order valence-electron chi connectivity index (χ3n) is 5.20. The average molecular weight is 446 g/mol. The monoisotopic (exact) mass is 445 g/mol. The lowest BCUT2D eigenvalue weighted by molar-refractivity contribution is -0.122. The number of nitrogens with one attached hydrogen (secondary N) is 2. The number of methoxy groups -OCH3 is 1. The second-order valence-corrected chi connectivity index (χ2v) is 9.31. The Morgan fingerprint density at radius 2 is 1.87 bits per heavy atom. The van der Waals surface area contributed by atoms with Gasteiger partial charge in [0.25, 0.3) is 0 Å². The highest BCUT2D eigenvalue weighted by molar-refractivity contribution is 7.92. The maximum Gasteiger partial charge on any atom is 0.232 e. The lowest BCUT2D eigenvalue weighted by Crippen LogP contribution is -2.28. The summed E-state index contributed by atoms with van der Waals surface area (Å²) in [7, 11) is -1.91. The highest BCUT2D eigenvalue weighted by Gasteiger charge is 2.36. The van der Waals surface area contributed by atoms with Crippen LogP contribution in [0.4, 0.5) is 17.1 Å². The topological polar surface area (TPSA) is 105 Å². The number of anilines is 3. The Morgan fingerprint density at radius 1 is 1.16 bits per heavy atom. The molecule has 2 aromatic rings. The van der Waals surface area contributed by atoms with Crippen molar-refractivity contribution >= 4 is 38.9 Å². The zero-order valence-corrected chi connectivity index (χ0v) is 18.7. The van der Waals surface area contributed by atoms with Gasteiger partial charge in [0.15, 0.2) is 0 Å². The van der Waals surface area contributed by atoms with Crippen LogP contribution in [0.2, 0.25) is 0 Å². The maximum atomic E-state index is 12.9. The van der Waals surface area contributed by atoms with Crippen LogP contribution < -0.4 is 19.7 Å². The molecule has 2 aromatic carbocycles. The Labute approximate surface area is 182 Å². The molecule has 1 atom stereocenters. The third kappa shape index (κ3) is 5.16. The molecule has 0 aliphatic carbocycles. The van der Waals surface area contributed by atoms with Gasteiger partial charge < -0.3 is 15.0 Å². The highest BCUT2D eigenvalue weighted by atomic mass is 32.2. The molecule has 3 rings (SSSR count). The van der Waals surface area contributed by atoms with E-state index in [1.807, 2.05) is 12.1 Å². The molecule has 31 heavy (non-hydrogen) atoms. The van der Waals surface area contributed by atoms with E-state index in [1.165, 1.54) is 7.11 Å². The van der Waals surface area contributed by atoms with Crippen molar-refractivity contribution in [3.05, 3.63) is 48.0 Å². The fourth-order valence-electron chi connectivity index (χ4n) is 3.57. The predicted molar refractivity (Wildman–Crippen MR) is 121 cm³/mol. The van der Waals surface area contributed by atoms with E-state index >= 15 is 0 Å². The molecule has 0 aromatic heterocycles. The summed E-state index contributed by atoms with van der Waals surface area (Å²) in [5.74, 6) is -0.381. The van der Waals surface area contributed by atoms with Gasteiger partial charge in [-0.1, -0.05) is 25.1 Å². The first-order valence-corrected chi connectivity index (χ1v) is 11.7. The summed E-state index contributed by atoms with van der Waals surface area (Å²) in [6.07, 6.45) is 0.592. The van der Waals surface area contributed by atoms with E-state index in [1.54, 1.807) is 49.1 Å². The summed E-state index contributed by atoms with van der Waals surface area (Å²) < 4.78 is 32.1. The van der Waals surface area contributed by atoms with E-state index < -0.39 is 15.9 Å². The number of nitrogens with zero attached hydrogens (tertiary/aromatic N) is 1. The first kappa shape index (κ1) is 22.6. The van der Waals surface area contributed by atoms with Crippen LogP contribution in [0, 0.1) is 12.8 Å². The summed E-state index contributed by atoms with van der Waals surface area (Å²) in [5, 5.41) is 2.85. The van der Waals surface area contributed by atoms with Gasteiger partial charge in [-0.25, -0.2) is 8.42 Å². The van der Waals surface area contributed by atoms with Gasteiger partial charge in [-0.15, -0.1) is 0 Å². The van der Waals surface area contributed by atoms with Crippen molar-refractivity contribution in [2.24, 2.45) is 5.92 Å². The molecule has 1 unspecified atom stereocenters. The number of hydrogen-bond acceptors (Lipinski definition) is 5. The minimum atomic E-state index is -3.45. The van der Waals surface area contributed by atoms with Gasteiger partial charge in [-0.3, -0.25) is 14.3 Å². The molecule has 0 bridgehead atoms. The van der Waals surface area contributed by atoms with Gasteiger partial charge in [0.1, 0.15) is 5.75 Å². The van der Waals surface area contributed by atoms with Crippen molar-refractivity contribution in [1.82, 2.24) is 0 Å². The fraction of sp³-hybridized carbons (Fsp3) is 0.364. The van der Waals surface area contributed by atoms with E-state index in [2.05, 4.69) is 10.0 Å². The largest absolute Gasteiger partial charge is 0.495 e. The average Bonchev–Trinajstić information content (AvgIpc) is 3.12. The molecule has 0 spiro atoms. The lowest BCUT2D eigenvalue weighted by Gasteiger charge is -2.19. The number of carbonyl (C=O) groups excluding carboxylic acids is 2. The molecule has 1 fully saturated rings. The van der Waals surface area contributed by atoms with E-state index in [-0.39, 0.29) is 30.5 Å². The number of rotatable bonds is 8. The Kier molecular flexibility index (Phi) is 6.84. The van der Waals surface area contributed by atoms with Crippen LogP contribution in [0.3, 0.4) is 0 Å². The SMILES string of the molecule is CCCS(=O)(=O)Nc1cccc(NC(=O)C2CC(=O)N(c3ccccc3OC)C2)c1C. The second kappa shape index (κ2) is 9.38. The third-order valence-corrected chi connectivity index (χ3v) is 6.68. The summed E-state index contributed by atoms with van der Waals surface area (Å²) in [6, 6.07) is 12.2. The first-order chi connectivity index (χ1) is 14.8. The zero-order chi connectivity index (χ0) is 22.6. The van der Waals surface area contributed by atoms with Crippen molar-refractivity contribution < 1.29 is 22.7 Å². The van der Waals surface area contributed by atoms with E-state index in [4.69, 9.17) is 4.74 Å². The van der Waals surface area contributed by atoms with E-state index in [0.29, 0.717) is 34.8 Å². The number of carbonyl (C=O) groups is 2. The number of para-hydroxylation sites is 2. The second-order valence-electron chi connectivity index (χ2n) is 7.47. The Balaban J connectivity index is 1.74. The Morgan fingerprint density at radius 3 is 2.58 bits per heavy atom. The van der Waals surface area contributed by atoms with Gasteiger partial charge >= 0.3 is 0 Å². The maximum absolute atomic E-state index is 12.9. The predicted octanol–water partition coefficient (Wildman–Crippen LogP) is 3.15. The standard InChI is InChI=1S/C22H27N3O5S/c1-4-12-31(28,29)24-18-9-7-8-17(15(18)2)23-22(27)16-13-21(26)25(14-16)19-10-5-6-11-20(19)30-3/h5-11,16,24H,4,12-14H2,1-3H3,(H,23,27). The van der Waals surface area contributed by atoms with Crippen LogP contribution in [0.5, 0.6) is 5.75 Å². The van der Waals surface area contributed by atoms with Crippen LogP contribution in [0.15, 0.2) is 42.5 Å². The molecule has 2 N–H and O–H groups in total. The molecule has 2 amide bonds. The van der Waals surface area contributed by atoms with Gasteiger partial charge in [0.2, 0.25) is 21.8 Å². The molecular weight excluding hydrogens is 418 g/mol. The van der Waals surface area contributed by atoms with Crippen LogP contribution in [0.25, 0.3) is 0 Å². The quantitative estimate of drug-likeness (QED) is 0.650. The molecule has 0 radical (unpaired) electrons. The van der Waals surface area contributed by atoms with Crippen molar-refractivity contribution in [3.8, 4) is 5.75 Å². The van der Waals surface area contributed by atoms with Crippen LogP contribution >= 0.6 is 0 Å². The highest BCUT2D eigenvalue weighted by Crippen LogP contribution is 2.33. The molecule has 8 nitrogen and oxygen atoms in total. The van der Waals surface area contributed by atoms with Crippen LogP contribution in [-0.4, -0.2) is 39.6 Å². The van der Waals surface area contributed by atoms with Crippen molar-refractivity contribution in [3.63, 3.8) is 0 Å². The number of sulfonamides is 1. The number of hydrogen-bond donors (Lipinski definition) is 2. The minimum Gasteiger partial charge on any atom is -0.495 e. The van der Waals surface area contributed by atoms with Crippen LogP contribution in [0.1, 0.15) is 25.3 Å². The van der Waals surface area contributed by atoms with Crippen LogP contribution in [-0.2, 0) is 19.6 Å². The van der Waals surface area contributed by atoms with Crippen molar-refractivity contribution in [2.45, 2.75) is 26.7 Å². The molecular formula is C22H27N3O5S. The normalized spacial score (nSPS) is 16.3. The smallest absolute Gasteiger partial charge is 0.232 e. The van der Waals surface area contributed by atoms with E-state index in [0.717, 1.165) is 0 Å². The number of ether oxygens (including phenoxy) is 1. The summed E-state index contributed by atoms with van der Waals surface area (Å²) >= 11 is 0. The molecule has 1 heterocycles. The number of amides is 2. The minimum absolute atomic E-state index is 0.0198. The summed E-state index contributed by atoms with van der Waals surface area (Å²) in [4.78, 5) is 27.0.